The average molecular weight is 350 g/mol. The van der Waals surface area contributed by atoms with Gasteiger partial charge in [0.15, 0.2) is 0 Å². The third kappa shape index (κ3) is 1.88. The molecule has 92 valence electrons. The van der Waals surface area contributed by atoms with Gasteiger partial charge in [0.1, 0.15) is 5.60 Å². The van der Waals surface area contributed by atoms with Crippen LogP contribution in [0.4, 0.5) is 0 Å². The van der Waals surface area contributed by atoms with E-state index in [1.165, 1.54) is 11.1 Å². The fourth-order valence-electron chi connectivity index (χ4n) is 2.68. The molecule has 1 fully saturated rings. The van der Waals surface area contributed by atoms with Crippen LogP contribution in [-0.2, 0) is 10.3 Å². The topological polar surface area (TPSA) is 9.23 Å². The Bertz CT molecular complexity index is 470. The molecule has 0 aliphatic carbocycles. The van der Waals surface area contributed by atoms with Gasteiger partial charge in [-0.15, -0.1) is 0 Å². The van der Waals surface area contributed by atoms with Gasteiger partial charge < -0.3 is 4.74 Å². The quantitative estimate of drug-likeness (QED) is 0.584. The number of halogens is 1. The van der Waals surface area contributed by atoms with E-state index in [1.807, 2.05) is 0 Å². The summed E-state index contributed by atoms with van der Waals surface area (Å²) < 4.78 is 6.69. The van der Waals surface area contributed by atoms with E-state index in [0.29, 0.717) is 3.92 Å². The molecule has 1 heterocycles. The normalized spacial score (nSPS) is 21.9. The molecule has 18 heavy (non-hydrogen) atoms. The smallest absolute Gasteiger partial charge is 0.130 e. The fraction of sp³-hybridized carbons (Fsp3) is 0.250. The number of benzene rings is 2. The van der Waals surface area contributed by atoms with E-state index in [2.05, 4.69) is 83.3 Å². The van der Waals surface area contributed by atoms with Gasteiger partial charge in [0.2, 0.25) is 0 Å². The van der Waals surface area contributed by atoms with Crippen molar-refractivity contribution >= 4 is 22.6 Å². The van der Waals surface area contributed by atoms with E-state index < -0.39 is 0 Å². The Kier molecular flexibility index (Phi) is 3.39. The highest BCUT2D eigenvalue weighted by molar-refractivity contribution is 14.1. The first-order valence-electron chi connectivity index (χ1n) is 6.23. The van der Waals surface area contributed by atoms with Gasteiger partial charge in [-0.05, 0) is 17.5 Å². The molecule has 1 unspecified atom stereocenters. The Morgan fingerprint density at radius 1 is 0.889 bits per heavy atom. The van der Waals surface area contributed by atoms with Crippen molar-refractivity contribution in [2.75, 3.05) is 6.61 Å². The first-order valence-corrected chi connectivity index (χ1v) is 7.47. The van der Waals surface area contributed by atoms with Crippen molar-refractivity contribution in [1.82, 2.24) is 0 Å². The highest BCUT2D eigenvalue weighted by atomic mass is 127. The molecule has 2 heteroatoms. The van der Waals surface area contributed by atoms with Crippen LogP contribution in [-0.4, -0.2) is 10.5 Å². The van der Waals surface area contributed by atoms with Crippen LogP contribution in [0.2, 0.25) is 0 Å². The summed E-state index contributed by atoms with van der Waals surface area (Å²) in [5, 5.41) is 0. The second kappa shape index (κ2) is 5.02. The number of hydrogen-bond acceptors (Lipinski definition) is 1. The first kappa shape index (κ1) is 12.2. The summed E-state index contributed by atoms with van der Waals surface area (Å²) >= 11 is 2.53. The molecule has 0 amide bonds. The van der Waals surface area contributed by atoms with E-state index in [-0.39, 0.29) is 5.60 Å². The van der Waals surface area contributed by atoms with Crippen molar-refractivity contribution in [3.8, 4) is 0 Å². The third-order valence-electron chi connectivity index (χ3n) is 3.55. The van der Waals surface area contributed by atoms with Crippen molar-refractivity contribution in [3.05, 3.63) is 71.8 Å². The predicted octanol–water partition coefficient (Wildman–Crippen LogP) is 4.15. The monoisotopic (exact) mass is 350 g/mol. The lowest BCUT2D eigenvalue weighted by Crippen LogP contribution is -2.34. The highest BCUT2D eigenvalue weighted by Crippen LogP contribution is 2.46. The Hall–Kier alpha value is -0.870. The minimum absolute atomic E-state index is 0.275. The van der Waals surface area contributed by atoms with Crippen molar-refractivity contribution in [3.63, 3.8) is 0 Å². The summed E-state index contributed by atoms with van der Waals surface area (Å²) in [5.41, 5.74) is 2.24. The maximum absolute atomic E-state index is 6.22. The van der Waals surface area contributed by atoms with E-state index in [0.717, 1.165) is 13.0 Å². The number of hydrogen-bond donors (Lipinski definition) is 0. The van der Waals surface area contributed by atoms with Crippen LogP contribution in [0.3, 0.4) is 0 Å². The summed E-state index contributed by atoms with van der Waals surface area (Å²) in [6.45, 7) is 0.831. The van der Waals surface area contributed by atoms with Gasteiger partial charge in [0.05, 0.1) is 3.92 Å². The van der Waals surface area contributed by atoms with Gasteiger partial charge in [-0.25, -0.2) is 0 Å². The first-order chi connectivity index (χ1) is 8.84. The lowest BCUT2D eigenvalue weighted by atomic mass is 9.84. The second-order valence-electron chi connectivity index (χ2n) is 4.57. The highest BCUT2D eigenvalue weighted by Gasteiger charge is 2.45. The number of alkyl halides is 1. The van der Waals surface area contributed by atoms with Crippen LogP contribution in [0, 0.1) is 0 Å². The minimum atomic E-state index is -0.275. The molecule has 1 aliphatic rings. The molecule has 0 radical (unpaired) electrons. The van der Waals surface area contributed by atoms with Gasteiger partial charge >= 0.3 is 0 Å². The van der Waals surface area contributed by atoms with Gasteiger partial charge in [-0.3, -0.25) is 0 Å². The van der Waals surface area contributed by atoms with Crippen molar-refractivity contribution in [2.45, 2.75) is 15.9 Å². The fourth-order valence-corrected chi connectivity index (χ4v) is 3.84. The van der Waals surface area contributed by atoms with E-state index in [4.69, 9.17) is 4.74 Å². The average Bonchev–Trinajstić information content (AvgIpc) is 2.84. The summed E-state index contributed by atoms with van der Waals surface area (Å²) in [6.07, 6.45) is 1.10. The lowest BCUT2D eigenvalue weighted by Gasteiger charge is -2.33. The van der Waals surface area contributed by atoms with Crippen LogP contribution in [0.5, 0.6) is 0 Å². The molecule has 0 bridgehead atoms. The maximum atomic E-state index is 6.22. The summed E-state index contributed by atoms with van der Waals surface area (Å²) in [4.78, 5) is 0. The minimum Gasteiger partial charge on any atom is -0.364 e. The molecule has 0 spiro atoms. The van der Waals surface area contributed by atoms with Crippen molar-refractivity contribution in [1.29, 1.82) is 0 Å². The van der Waals surface area contributed by atoms with Gasteiger partial charge in [0, 0.05) is 6.61 Å². The molecule has 1 nitrogen and oxygen atoms in total. The Morgan fingerprint density at radius 3 is 1.78 bits per heavy atom. The van der Waals surface area contributed by atoms with E-state index >= 15 is 0 Å². The summed E-state index contributed by atoms with van der Waals surface area (Å²) in [7, 11) is 0. The largest absolute Gasteiger partial charge is 0.364 e. The second-order valence-corrected chi connectivity index (χ2v) is 6.08. The molecular weight excluding hydrogens is 335 g/mol. The molecule has 1 saturated heterocycles. The SMILES string of the molecule is IC1CCOC1(c1ccccc1)c1ccccc1. The molecule has 2 aromatic rings. The summed E-state index contributed by atoms with van der Waals surface area (Å²) in [5.74, 6) is 0. The van der Waals surface area contributed by atoms with Crippen molar-refractivity contribution in [2.24, 2.45) is 0 Å². The van der Waals surface area contributed by atoms with Gasteiger partial charge in [0.25, 0.3) is 0 Å². The number of ether oxygens (including phenoxy) is 1. The summed E-state index contributed by atoms with van der Waals surface area (Å²) in [6, 6.07) is 21.1. The van der Waals surface area contributed by atoms with Crippen LogP contribution in [0.15, 0.2) is 60.7 Å². The maximum Gasteiger partial charge on any atom is 0.130 e. The van der Waals surface area contributed by atoms with Crippen LogP contribution in [0.25, 0.3) is 0 Å². The molecule has 0 aromatic heterocycles. The standard InChI is InChI=1S/C16H15IO/c17-15-11-12-18-16(15,13-7-3-1-4-8-13)14-9-5-2-6-10-14/h1-10,15H,11-12H2. The Labute approximate surface area is 121 Å². The molecule has 3 rings (SSSR count). The molecular formula is C16H15IO. The molecule has 0 saturated carbocycles. The lowest BCUT2D eigenvalue weighted by molar-refractivity contribution is 0.0408. The zero-order valence-electron chi connectivity index (χ0n) is 10.1. The molecule has 1 aliphatic heterocycles. The Balaban J connectivity index is 2.17. The van der Waals surface area contributed by atoms with Gasteiger partial charge in [-0.2, -0.15) is 0 Å². The Morgan fingerprint density at radius 2 is 1.39 bits per heavy atom. The molecule has 1 atom stereocenters. The zero-order chi connectivity index (χ0) is 12.4. The third-order valence-corrected chi connectivity index (χ3v) is 5.05. The van der Waals surface area contributed by atoms with E-state index in [1.54, 1.807) is 0 Å². The van der Waals surface area contributed by atoms with E-state index in [9.17, 15) is 0 Å². The molecule has 0 N–H and O–H groups in total. The van der Waals surface area contributed by atoms with Gasteiger partial charge in [-0.1, -0.05) is 83.3 Å². The molecule has 2 aromatic carbocycles. The zero-order valence-corrected chi connectivity index (χ0v) is 12.2. The predicted molar refractivity (Wildman–Crippen MR) is 82.0 cm³/mol. The number of rotatable bonds is 2. The van der Waals surface area contributed by atoms with Crippen molar-refractivity contribution < 1.29 is 4.74 Å². The van der Waals surface area contributed by atoms with Crippen LogP contribution in [0.1, 0.15) is 17.5 Å². The van der Waals surface area contributed by atoms with Crippen LogP contribution >= 0.6 is 22.6 Å². The van der Waals surface area contributed by atoms with Crippen LogP contribution < -0.4 is 0 Å².